The summed E-state index contributed by atoms with van der Waals surface area (Å²) in [4.78, 5) is 0. The summed E-state index contributed by atoms with van der Waals surface area (Å²) >= 11 is 0. The Hall–Kier alpha value is -0.0400. The maximum Gasteiger partial charge on any atom is 0.0650 e. The van der Waals surface area contributed by atoms with Crippen molar-refractivity contribution in [2.24, 2.45) is 28.6 Å². The van der Waals surface area contributed by atoms with E-state index in [4.69, 9.17) is 0 Å². The molecule has 104 valence electrons. The zero-order chi connectivity index (χ0) is 13.2. The van der Waals surface area contributed by atoms with Gasteiger partial charge in [0, 0.05) is 0 Å². The van der Waals surface area contributed by atoms with Crippen LogP contribution in [0.3, 0.4) is 0 Å². The van der Waals surface area contributed by atoms with Gasteiger partial charge in [0.2, 0.25) is 0 Å². The lowest BCUT2D eigenvalue weighted by Gasteiger charge is -2.49. The Kier molecular flexibility index (Phi) is 2.70. The number of aliphatic hydroxyl groups is 1. The molecule has 3 saturated carbocycles. The highest BCUT2D eigenvalue weighted by atomic mass is 16.3. The third-order valence-corrected chi connectivity index (χ3v) is 7.59. The summed E-state index contributed by atoms with van der Waals surface area (Å²) in [6.07, 6.45) is 9.03. The molecule has 0 aliphatic heterocycles. The molecule has 18 heavy (non-hydrogen) atoms. The van der Waals surface area contributed by atoms with Gasteiger partial charge >= 0.3 is 0 Å². The average Bonchev–Trinajstić information content (AvgIpc) is 2.60. The minimum absolute atomic E-state index is 0.396. The molecule has 3 aliphatic rings. The summed E-state index contributed by atoms with van der Waals surface area (Å²) in [5, 5.41) is 10.8. The second-order valence-corrected chi connectivity index (χ2v) is 8.43. The normalized spacial score (nSPS) is 54.8. The molecule has 0 aromatic heterocycles. The molecule has 0 heterocycles. The third kappa shape index (κ3) is 1.49. The van der Waals surface area contributed by atoms with Gasteiger partial charge in [-0.2, -0.15) is 0 Å². The largest absolute Gasteiger partial charge is 0.390 e. The number of hydrogen-bond donors (Lipinski definition) is 1. The fourth-order valence-electron chi connectivity index (χ4n) is 5.85. The predicted molar refractivity (Wildman–Crippen MR) is 75.3 cm³/mol. The average molecular weight is 250 g/mol. The second-order valence-electron chi connectivity index (χ2n) is 8.43. The van der Waals surface area contributed by atoms with Crippen molar-refractivity contribution in [2.75, 3.05) is 0 Å². The molecule has 1 nitrogen and oxygen atoms in total. The summed E-state index contributed by atoms with van der Waals surface area (Å²) < 4.78 is 0. The van der Waals surface area contributed by atoms with Gasteiger partial charge in [0.05, 0.1) is 5.60 Å². The Balaban J connectivity index is 1.90. The van der Waals surface area contributed by atoms with Crippen LogP contribution in [0.2, 0.25) is 0 Å². The SMILES string of the molecule is CC1(O)CCCCC1[C@@H]1C[C@H]2CC[C@]1(C)C2(C)C. The summed E-state index contributed by atoms with van der Waals surface area (Å²) in [5.41, 5.74) is 0.571. The van der Waals surface area contributed by atoms with E-state index in [1.807, 2.05) is 0 Å². The van der Waals surface area contributed by atoms with E-state index in [0.29, 0.717) is 16.7 Å². The van der Waals surface area contributed by atoms with Crippen molar-refractivity contribution < 1.29 is 5.11 Å². The first-order chi connectivity index (χ1) is 8.29. The van der Waals surface area contributed by atoms with Gasteiger partial charge in [0.1, 0.15) is 0 Å². The molecule has 2 bridgehead atoms. The molecular formula is C17H30O. The Labute approximate surface area is 112 Å². The van der Waals surface area contributed by atoms with Gasteiger partial charge in [-0.1, -0.05) is 33.6 Å². The van der Waals surface area contributed by atoms with E-state index < -0.39 is 5.60 Å². The van der Waals surface area contributed by atoms with Crippen molar-refractivity contribution in [1.82, 2.24) is 0 Å². The smallest absolute Gasteiger partial charge is 0.0650 e. The fraction of sp³-hybridized carbons (Fsp3) is 1.00. The Morgan fingerprint density at radius 2 is 1.61 bits per heavy atom. The number of rotatable bonds is 1. The van der Waals surface area contributed by atoms with Crippen LogP contribution >= 0.6 is 0 Å². The predicted octanol–water partition coefficient (Wildman–Crippen LogP) is 4.39. The van der Waals surface area contributed by atoms with Crippen molar-refractivity contribution >= 4 is 0 Å². The van der Waals surface area contributed by atoms with Gasteiger partial charge < -0.3 is 5.11 Å². The van der Waals surface area contributed by atoms with Crippen LogP contribution < -0.4 is 0 Å². The van der Waals surface area contributed by atoms with Crippen LogP contribution in [-0.4, -0.2) is 10.7 Å². The Bertz CT molecular complexity index is 344. The summed E-state index contributed by atoms with van der Waals surface area (Å²) in [6.45, 7) is 9.61. The zero-order valence-corrected chi connectivity index (χ0v) is 12.6. The van der Waals surface area contributed by atoms with E-state index in [1.165, 1.54) is 38.5 Å². The number of hydrogen-bond acceptors (Lipinski definition) is 1. The molecular weight excluding hydrogens is 220 g/mol. The minimum Gasteiger partial charge on any atom is -0.390 e. The van der Waals surface area contributed by atoms with E-state index >= 15 is 0 Å². The van der Waals surface area contributed by atoms with Crippen molar-refractivity contribution in [3.63, 3.8) is 0 Å². The topological polar surface area (TPSA) is 20.2 Å². The van der Waals surface area contributed by atoms with E-state index in [2.05, 4.69) is 27.7 Å². The van der Waals surface area contributed by atoms with Crippen molar-refractivity contribution in [3.8, 4) is 0 Å². The molecule has 2 unspecified atom stereocenters. The molecule has 0 spiro atoms. The first-order valence-electron chi connectivity index (χ1n) is 8.01. The molecule has 5 atom stereocenters. The summed E-state index contributed by atoms with van der Waals surface area (Å²) in [6, 6.07) is 0. The lowest BCUT2D eigenvalue weighted by atomic mass is 9.58. The van der Waals surface area contributed by atoms with Crippen LogP contribution in [0.15, 0.2) is 0 Å². The lowest BCUT2D eigenvalue weighted by molar-refractivity contribution is -0.0876. The third-order valence-electron chi connectivity index (χ3n) is 7.59. The van der Waals surface area contributed by atoms with E-state index in [9.17, 15) is 5.11 Å². The van der Waals surface area contributed by atoms with E-state index in [1.54, 1.807) is 0 Å². The van der Waals surface area contributed by atoms with E-state index in [0.717, 1.165) is 18.3 Å². The van der Waals surface area contributed by atoms with Crippen molar-refractivity contribution in [2.45, 2.75) is 78.2 Å². The van der Waals surface area contributed by atoms with Gasteiger partial charge in [-0.25, -0.2) is 0 Å². The maximum atomic E-state index is 10.8. The van der Waals surface area contributed by atoms with Crippen LogP contribution in [0.4, 0.5) is 0 Å². The van der Waals surface area contributed by atoms with Crippen LogP contribution in [0, 0.1) is 28.6 Å². The first kappa shape index (κ1) is 13.0. The standard InChI is InChI=1S/C17H30O/c1-15(2)12-8-10-16(15,3)14(11-12)13-7-5-6-9-17(13,4)18/h12-14,18H,5-11H2,1-4H3/t12-,13?,14+,16+,17?/m1/s1. The highest BCUT2D eigenvalue weighted by Crippen LogP contribution is 2.71. The first-order valence-corrected chi connectivity index (χ1v) is 8.01. The van der Waals surface area contributed by atoms with Crippen LogP contribution in [0.5, 0.6) is 0 Å². The molecule has 3 aliphatic carbocycles. The van der Waals surface area contributed by atoms with Crippen LogP contribution in [0.25, 0.3) is 0 Å². The van der Waals surface area contributed by atoms with Crippen LogP contribution in [-0.2, 0) is 0 Å². The molecule has 0 aromatic rings. The van der Waals surface area contributed by atoms with Crippen LogP contribution in [0.1, 0.15) is 72.6 Å². The summed E-state index contributed by atoms with van der Waals surface area (Å²) in [7, 11) is 0. The van der Waals surface area contributed by atoms with Gasteiger partial charge in [-0.3, -0.25) is 0 Å². The lowest BCUT2D eigenvalue weighted by Crippen LogP contribution is -2.47. The second kappa shape index (κ2) is 3.75. The minimum atomic E-state index is -0.396. The Morgan fingerprint density at radius 1 is 0.889 bits per heavy atom. The van der Waals surface area contributed by atoms with Gasteiger partial charge in [-0.15, -0.1) is 0 Å². The number of fused-ring (bicyclic) bond motifs is 2. The monoisotopic (exact) mass is 250 g/mol. The van der Waals surface area contributed by atoms with E-state index in [-0.39, 0.29) is 0 Å². The van der Waals surface area contributed by atoms with Crippen molar-refractivity contribution in [3.05, 3.63) is 0 Å². The molecule has 3 rings (SSSR count). The van der Waals surface area contributed by atoms with Crippen molar-refractivity contribution in [1.29, 1.82) is 0 Å². The van der Waals surface area contributed by atoms with Gasteiger partial charge in [0.15, 0.2) is 0 Å². The molecule has 0 aromatic carbocycles. The molecule has 0 saturated heterocycles. The quantitative estimate of drug-likeness (QED) is 0.732. The molecule has 1 N–H and O–H groups in total. The summed E-state index contributed by atoms with van der Waals surface area (Å²) in [5.74, 6) is 2.23. The Morgan fingerprint density at radius 3 is 2.11 bits per heavy atom. The fourth-order valence-corrected chi connectivity index (χ4v) is 5.85. The molecule has 0 amide bonds. The van der Waals surface area contributed by atoms with Gasteiger partial charge in [-0.05, 0) is 67.6 Å². The molecule has 0 radical (unpaired) electrons. The maximum absolute atomic E-state index is 10.8. The molecule has 3 fully saturated rings. The molecule has 1 heteroatoms. The highest BCUT2D eigenvalue weighted by Gasteiger charge is 2.64. The zero-order valence-electron chi connectivity index (χ0n) is 12.6. The highest BCUT2D eigenvalue weighted by molar-refractivity contribution is 5.13. The van der Waals surface area contributed by atoms with Gasteiger partial charge in [0.25, 0.3) is 0 Å².